The van der Waals surface area contributed by atoms with Gasteiger partial charge in [-0.3, -0.25) is 4.79 Å². The fraction of sp³-hybridized carbons (Fsp3) is 0.417. The Hall–Kier alpha value is -1.31. The zero-order chi connectivity index (χ0) is 9.97. The van der Waals surface area contributed by atoms with E-state index in [2.05, 4.69) is 0 Å². The van der Waals surface area contributed by atoms with E-state index in [1.807, 2.05) is 24.3 Å². The molecule has 0 aliphatic heterocycles. The van der Waals surface area contributed by atoms with Gasteiger partial charge in [0.2, 0.25) is 0 Å². The molecule has 0 radical (unpaired) electrons. The summed E-state index contributed by atoms with van der Waals surface area (Å²) in [7, 11) is 0. The molecule has 0 bridgehead atoms. The van der Waals surface area contributed by atoms with Gasteiger partial charge in [-0.1, -0.05) is 24.6 Å². The Kier molecular flexibility index (Phi) is 2.53. The minimum Gasteiger partial charge on any atom is -0.398 e. The van der Waals surface area contributed by atoms with Crippen molar-refractivity contribution in [3.8, 4) is 0 Å². The van der Waals surface area contributed by atoms with Crippen LogP contribution >= 0.6 is 0 Å². The monoisotopic (exact) mass is 189 g/mol. The van der Waals surface area contributed by atoms with Crippen LogP contribution in [0.25, 0.3) is 0 Å². The lowest BCUT2D eigenvalue weighted by Gasteiger charge is -2.21. The number of nitrogen functional groups attached to an aromatic ring is 1. The smallest absolute Gasteiger partial charge is 0.140 e. The van der Waals surface area contributed by atoms with Crippen molar-refractivity contribution in [2.75, 3.05) is 5.73 Å². The molecule has 0 spiro atoms. The highest BCUT2D eigenvalue weighted by molar-refractivity contribution is 5.87. The molecule has 1 fully saturated rings. The highest BCUT2D eigenvalue weighted by Gasteiger charge is 2.24. The van der Waals surface area contributed by atoms with Gasteiger partial charge in [-0.15, -0.1) is 0 Å². The molecule has 2 heteroatoms. The van der Waals surface area contributed by atoms with E-state index in [9.17, 15) is 4.79 Å². The third-order valence-corrected chi connectivity index (χ3v) is 2.93. The fourth-order valence-electron chi connectivity index (χ4n) is 2.14. The largest absolute Gasteiger partial charge is 0.398 e. The summed E-state index contributed by atoms with van der Waals surface area (Å²) in [4.78, 5) is 11.7. The molecule has 0 amide bonds. The number of ketones is 1. The Bertz CT molecular complexity index is 346. The van der Waals surface area contributed by atoms with Crippen molar-refractivity contribution < 1.29 is 4.79 Å². The van der Waals surface area contributed by atoms with Crippen molar-refractivity contribution in [2.24, 2.45) is 0 Å². The quantitative estimate of drug-likeness (QED) is 0.690. The van der Waals surface area contributed by atoms with E-state index < -0.39 is 0 Å². The zero-order valence-corrected chi connectivity index (χ0v) is 8.20. The van der Waals surface area contributed by atoms with Gasteiger partial charge < -0.3 is 5.73 Å². The Morgan fingerprint density at radius 2 is 2.00 bits per heavy atom. The van der Waals surface area contributed by atoms with Crippen molar-refractivity contribution in [1.82, 2.24) is 0 Å². The van der Waals surface area contributed by atoms with E-state index in [1.165, 1.54) is 0 Å². The van der Waals surface area contributed by atoms with Gasteiger partial charge >= 0.3 is 0 Å². The van der Waals surface area contributed by atoms with Crippen LogP contribution in [-0.4, -0.2) is 5.78 Å². The molecule has 2 rings (SSSR count). The Morgan fingerprint density at radius 1 is 1.21 bits per heavy atom. The number of nitrogens with two attached hydrogens (primary N) is 1. The van der Waals surface area contributed by atoms with Gasteiger partial charge in [0.1, 0.15) is 5.78 Å². The lowest BCUT2D eigenvalue weighted by molar-refractivity contribution is -0.121. The van der Waals surface area contributed by atoms with E-state index >= 15 is 0 Å². The first-order valence-corrected chi connectivity index (χ1v) is 5.16. The summed E-state index contributed by atoms with van der Waals surface area (Å²) in [5, 5.41) is 0. The molecule has 1 aromatic rings. The molecule has 0 saturated heterocycles. The number of hydrogen-bond donors (Lipinski definition) is 1. The van der Waals surface area contributed by atoms with Gasteiger partial charge in [-0.25, -0.2) is 0 Å². The van der Waals surface area contributed by atoms with E-state index in [4.69, 9.17) is 5.73 Å². The van der Waals surface area contributed by atoms with Gasteiger partial charge in [0.05, 0.1) is 0 Å². The Morgan fingerprint density at radius 3 is 2.71 bits per heavy atom. The molecule has 2 nitrogen and oxygen atoms in total. The number of para-hydroxylation sites is 1. The van der Waals surface area contributed by atoms with Crippen LogP contribution < -0.4 is 5.73 Å². The third kappa shape index (κ3) is 1.65. The fourth-order valence-corrected chi connectivity index (χ4v) is 2.14. The second-order valence-electron chi connectivity index (χ2n) is 3.89. The van der Waals surface area contributed by atoms with Crippen LogP contribution in [0, 0.1) is 0 Å². The number of carbonyl (C=O) groups excluding carboxylic acids is 1. The molecular formula is C12H15NO. The minimum absolute atomic E-state index is 0.0601. The number of Topliss-reactive ketones (excluding diaryl/α,β-unsaturated/α-hetero) is 1. The topological polar surface area (TPSA) is 43.1 Å². The first kappa shape index (κ1) is 9.25. The molecule has 1 aliphatic rings. The predicted molar refractivity (Wildman–Crippen MR) is 57.1 cm³/mol. The molecule has 1 saturated carbocycles. The molecule has 0 aromatic heterocycles. The standard InChI is InChI=1S/C12H15NO/c13-11-7-3-1-5-9(11)10-6-2-4-8-12(10)14/h1,3,5,7,10H,2,4,6,8,13H2/t10-/m0/s1. The van der Waals surface area contributed by atoms with Crippen molar-refractivity contribution in [1.29, 1.82) is 0 Å². The lowest BCUT2D eigenvalue weighted by atomic mass is 9.82. The number of benzene rings is 1. The zero-order valence-electron chi connectivity index (χ0n) is 8.20. The summed E-state index contributed by atoms with van der Waals surface area (Å²) in [6.45, 7) is 0. The molecule has 1 atom stereocenters. The summed E-state index contributed by atoms with van der Waals surface area (Å²) < 4.78 is 0. The summed E-state index contributed by atoms with van der Waals surface area (Å²) in [5.41, 5.74) is 7.64. The minimum atomic E-state index is 0.0601. The van der Waals surface area contributed by atoms with Gasteiger partial charge in [0, 0.05) is 18.0 Å². The summed E-state index contributed by atoms with van der Waals surface area (Å²) in [5.74, 6) is 0.416. The van der Waals surface area contributed by atoms with Crippen molar-refractivity contribution in [3.63, 3.8) is 0 Å². The highest BCUT2D eigenvalue weighted by Crippen LogP contribution is 2.32. The molecule has 74 valence electrons. The number of carbonyl (C=O) groups is 1. The Balaban J connectivity index is 2.29. The summed E-state index contributed by atoms with van der Waals surface area (Å²) in [6, 6.07) is 7.71. The first-order valence-electron chi connectivity index (χ1n) is 5.16. The van der Waals surface area contributed by atoms with Crippen LogP contribution in [0.15, 0.2) is 24.3 Å². The van der Waals surface area contributed by atoms with Gasteiger partial charge in [0.15, 0.2) is 0 Å². The van der Waals surface area contributed by atoms with E-state index in [1.54, 1.807) is 0 Å². The van der Waals surface area contributed by atoms with E-state index in [-0.39, 0.29) is 5.92 Å². The van der Waals surface area contributed by atoms with Crippen LogP contribution in [0.3, 0.4) is 0 Å². The molecule has 1 aliphatic carbocycles. The van der Waals surface area contributed by atoms with Gasteiger partial charge in [-0.2, -0.15) is 0 Å². The molecular weight excluding hydrogens is 174 g/mol. The van der Waals surface area contributed by atoms with Crippen LogP contribution in [-0.2, 0) is 4.79 Å². The number of hydrogen-bond acceptors (Lipinski definition) is 2. The number of rotatable bonds is 1. The predicted octanol–water partition coefficient (Wildman–Crippen LogP) is 2.50. The van der Waals surface area contributed by atoms with Crippen molar-refractivity contribution in [2.45, 2.75) is 31.6 Å². The van der Waals surface area contributed by atoms with Crippen LogP contribution in [0.1, 0.15) is 37.2 Å². The number of anilines is 1. The molecule has 1 aromatic carbocycles. The first-order chi connectivity index (χ1) is 6.79. The summed E-state index contributed by atoms with van der Waals surface area (Å²) >= 11 is 0. The normalized spacial score (nSPS) is 22.3. The molecule has 14 heavy (non-hydrogen) atoms. The maximum absolute atomic E-state index is 11.7. The SMILES string of the molecule is Nc1ccccc1[C@@H]1CCCCC1=O. The Labute approximate surface area is 84.1 Å². The van der Waals surface area contributed by atoms with Crippen LogP contribution in [0.5, 0.6) is 0 Å². The second-order valence-corrected chi connectivity index (χ2v) is 3.89. The third-order valence-electron chi connectivity index (χ3n) is 2.93. The highest BCUT2D eigenvalue weighted by atomic mass is 16.1. The second kappa shape index (κ2) is 3.82. The van der Waals surface area contributed by atoms with Crippen molar-refractivity contribution in [3.05, 3.63) is 29.8 Å². The van der Waals surface area contributed by atoms with Gasteiger partial charge in [0.25, 0.3) is 0 Å². The van der Waals surface area contributed by atoms with Crippen LogP contribution in [0.4, 0.5) is 5.69 Å². The van der Waals surface area contributed by atoms with E-state index in [0.717, 1.165) is 36.9 Å². The maximum atomic E-state index is 11.7. The summed E-state index contributed by atoms with van der Waals surface area (Å²) in [6.07, 6.45) is 3.87. The average molecular weight is 189 g/mol. The molecule has 2 N–H and O–H groups in total. The van der Waals surface area contributed by atoms with Gasteiger partial charge in [-0.05, 0) is 24.5 Å². The molecule has 0 heterocycles. The van der Waals surface area contributed by atoms with E-state index in [0.29, 0.717) is 5.78 Å². The molecule has 0 unspecified atom stereocenters. The average Bonchev–Trinajstić information content (AvgIpc) is 2.20. The van der Waals surface area contributed by atoms with Crippen molar-refractivity contribution >= 4 is 11.5 Å². The lowest BCUT2D eigenvalue weighted by Crippen LogP contribution is -2.18. The van der Waals surface area contributed by atoms with Crippen LogP contribution in [0.2, 0.25) is 0 Å². The maximum Gasteiger partial charge on any atom is 0.140 e.